The van der Waals surface area contributed by atoms with E-state index >= 15 is 0 Å². The molecule has 1 aromatic carbocycles. The summed E-state index contributed by atoms with van der Waals surface area (Å²) in [6.07, 6.45) is 5.24. The lowest BCUT2D eigenvalue weighted by molar-refractivity contribution is -0.115. The van der Waals surface area contributed by atoms with Gasteiger partial charge in [0, 0.05) is 5.69 Å². The minimum Gasteiger partial charge on any atom is -0.326 e. The van der Waals surface area contributed by atoms with Crippen LogP contribution in [-0.4, -0.2) is 30.4 Å². The zero-order valence-electron chi connectivity index (χ0n) is 12.7. The number of carbonyl (C=O) groups is 1. The van der Waals surface area contributed by atoms with Crippen LogP contribution >= 0.6 is 0 Å². The second kappa shape index (κ2) is 7.44. The molecule has 0 fully saturated rings. The summed E-state index contributed by atoms with van der Waals surface area (Å²) in [5.41, 5.74) is 3.58. The van der Waals surface area contributed by atoms with E-state index in [0.717, 1.165) is 18.7 Å². The first-order valence-electron chi connectivity index (χ1n) is 7.87. The molecular formula is C17H26N2O. The van der Waals surface area contributed by atoms with Gasteiger partial charge in [0.1, 0.15) is 0 Å². The van der Waals surface area contributed by atoms with Crippen molar-refractivity contribution in [1.29, 1.82) is 0 Å². The maximum atomic E-state index is 11.5. The standard InChI is InChI=1S/C17H26N2O/c1-3-10-19(11-4-2)12-6-8-14-7-5-9-16-15(14)13-17(20)18-16/h5,7,9H,3-4,6,8,10-13H2,1-2H3,(H,18,20). The Kier molecular flexibility index (Phi) is 5.60. The van der Waals surface area contributed by atoms with Crippen LogP contribution in [0.4, 0.5) is 5.69 Å². The third-order valence-corrected chi connectivity index (χ3v) is 3.88. The van der Waals surface area contributed by atoms with Gasteiger partial charge >= 0.3 is 0 Å². The Balaban J connectivity index is 1.88. The minimum atomic E-state index is 0.131. The Morgan fingerprint density at radius 3 is 2.60 bits per heavy atom. The number of nitrogens with zero attached hydrogens (tertiary/aromatic N) is 1. The molecule has 20 heavy (non-hydrogen) atoms. The van der Waals surface area contributed by atoms with E-state index in [1.165, 1.54) is 43.5 Å². The summed E-state index contributed by atoms with van der Waals surface area (Å²) in [5.74, 6) is 0.131. The van der Waals surface area contributed by atoms with E-state index in [0.29, 0.717) is 6.42 Å². The normalized spacial score (nSPS) is 13.7. The van der Waals surface area contributed by atoms with E-state index in [-0.39, 0.29) is 5.91 Å². The SMILES string of the molecule is CCCN(CCC)CCCc1cccc2c1CC(=O)N2. The zero-order valence-corrected chi connectivity index (χ0v) is 12.7. The Hall–Kier alpha value is -1.35. The average molecular weight is 274 g/mol. The van der Waals surface area contributed by atoms with E-state index in [4.69, 9.17) is 0 Å². The summed E-state index contributed by atoms with van der Waals surface area (Å²) in [6, 6.07) is 6.23. The van der Waals surface area contributed by atoms with Gasteiger partial charge in [-0.1, -0.05) is 26.0 Å². The van der Waals surface area contributed by atoms with Crippen molar-refractivity contribution in [2.45, 2.75) is 46.0 Å². The Morgan fingerprint density at radius 1 is 1.15 bits per heavy atom. The first-order valence-corrected chi connectivity index (χ1v) is 7.87. The van der Waals surface area contributed by atoms with Gasteiger partial charge in [-0.25, -0.2) is 0 Å². The number of hydrogen-bond acceptors (Lipinski definition) is 2. The quantitative estimate of drug-likeness (QED) is 0.789. The topological polar surface area (TPSA) is 32.3 Å². The molecule has 1 N–H and O–H groups in total. The van der Waals surface area contributed by atoms with Gasteiger partial charge in [0.25, 0.3) is 0 Å². The molecule has 0 unspecified atom stereocenters. The fraction of sp³-hybridized carbons (Fsp3) is 0.588. The number of fused-ring (bicyclic) bond motifs is 1. The molecule has 1 amide bonds. The van der Waals surface area contributed by atoms with Gasteiger partial charge < -0.3 is 10.2 Å². The highest BCUT2D eigenvalue weighted by Crippen LogP contribution is 2.27. The number of hydrogen-bond donors (Lipinski definition) is 1. The lowest BCUT2D eigenvalue weighted by atomic mass is 10.0. The molecule has 1 heterocycles. The van der Waals surface area contributed by atoms with Crippen molar-refractivity contribution in [3.05, 3.63) is 29.3 Å². The highest BCUT2D eigenvalue weighted by Gasteiger charge is 2.19. The first-order chi connectivity index (χ1) is 9.74. The van der Waals surface area contributed by atoms with Crippen LogP contribution in [-0.2, 0) is 17.6 Å². The molecule has 0 spiro atoms. The van der Waals surface area contributed by atoms with Gasteiger partial charge in [-0.2, -0.15) is 0 Å². The third-order valence-electron chi connectivity index (χ3n) is 3.88. The molecule has 0 radical (unpaired) electrons. The predicted octanol–water partition coefficient (Wildman–Crippen LogP) is 3.24. The van der Waals surface area contributed by atoms with Crippen LogP contribution in [0.1, 0.15) is 44.2 Å². The molecular weight excluding hydrogens is 248 g/mol. The van der Waals surface area contributed by atoms with Crippen LogP contribution in [0.3, 0.4) is 0 Å². The third kappa shape index (κ3) is 3.83. The van der Waals surface area contributed by atoms with Crippen LogP contribution in [0, 0.1) is 0 Å². The number of nitrogens with one attached hydrogen (secondary N) is 1. The van der Waals surface area contributed by atoms with Crippen molar-refractivity contribution in [3.63, 3.8) is 0 Å². The van der Waals surface area contributed by atoms with Crippen LogP contribution in [0.5, 0.6) is 0 Å². The maximum absolute atomic E-state index is 11.5. The van der Waals surface area contributed by atoms with Crippen LogP contribution in [0.2, 0.25) is 0 Å². The highest BCUT2D eigenvalue weighted by molar-refractivity contribution is 5.99. The van der Waals surface area contributed by atoms with Gasteiger partial charge in [0.05, 0.1) is 6.42 Å². The van der Waals surface area contributed by atoms with E-state index in [9.17, 15) is 4.79 Å². The Labute approximate surface area is 122 Å². The van der Waals surface area contributed by atoms with Crippen molar-refractivity contribution < 1.29 is 4.79 Å². The first kappa shape index (κ1) is 15.0. The van der Waals surface area contributed by atoms with Crippen LogP contribution in [0.15, 0.2) is 18.2 Å². The molecule has 3 nitrogen and oxygen atoms in total. The molecule has 110 valence electrons. The number of anilines is 1. The van der Waals surface area contributed by atoms with Gasteiger partial charge in [0.15, 0.2) is 0 Å². The van der Waals surface area contributed by atoms with E-state index in [1.807, 2.05) is 6.07 Å². The molecule has 0 bridgehead atoms. The largest absolute Gasteiger partial charge is 0.326 e. The second-order valence-electron chi connectivity index (χ2n) is 5.61. The van der Waals surface area contributed by atoms with E-state index in [1.54, 1.807) is 0 Å². The molecule has 1 aliphatic rings. The fourth-order valence-corrected chi connectivity index (χ4v) is 3.01. The smallest absolute Gasteiger partial charge is 0.228 e. The Morgan fingerprint density at radius 2 is 1.90 bits per heavy atom. The summed E-state index contributed by atoms with van der Waals surface area (Å²) in [6.45, 7) is 8.03. The van der Waals surface area contributed by atoms with Crippen LogP contribution in [0.25, 0.3) is 0 Å². The van der Waals surface area contributed by atoms with E-state index in [2.05, 4.69) is 36.2 Å². The van der Waals surface area contributed by atoms with Gasteiger partial charge in [-0.15, -0.1) is 0 Å². The fourth-order valence-electron chi connectivity index (χ4n) is 3.01. The van der Waals surface area contributed by atoms with Crippen molar-refractivity contribution in [3.8, 4) is 0 Å². The van der Waals surface area contributed by atoms with Crippen molar-refractivity contribution in [2.75, 3.05) is 25.0 Å². The molecule has 0 saturated carbocycles. The van der Waals surface area contributed by atoms with Crippen LogP contribution < -0.4 is 5.32 Å². The predicted molar refractivity (Wildman–Crippen MR) is 84.1 cm³/mol. The number of rotatable bonds is 8. The zero-order chi connectivity index (χ0) is 14.4. The summed E-state index contributed by atoms with van der Waals surface area (Å²) >= 11 is 0. The van der Waals surface area contributed by atoms with Gasteiger partial charge in [0.2, 0.25) is 5.91 Å². The maximum Gasteiger partial charge on any atom is 0.228 e. The molecule has 0 atom stereocenters. The monoisotopic (exact) mass is 274 g/mol. The molecule has 2 rings (SSSR count). The van der Waals surface area contributed by atoms with Crippen molar-refractivity contribution in [2.24, 2.45) is 0 Å². The number of benzene rings is 1. The number of carbonyl (C=O) groups excluding carboxylic acids is 1. The van der Waals surface area contributed by atoms with Crippen molar-refractivity contribution in [1.82, 2.24) is 4.90 Å². The summed E-state index contributed by atoms with van der Waals surface area (Å²) in [7, 11) is 0. The number of amides is 1. The molecule has 0 aromatic heterocycles. The Bertz CT molecular complexity index is 450. The average Bonchev–Trinajstić information content (AvgIpc) is 2.80. The molecule has 1 aromatic rings. The van der Waals surface area contributed by atoms with Gasteiger partial charge in [-0.05, 0) is 62.5 Å². The number of aryl methyl sites for hydroxylation is 1. The highest BCUT2D eigenvalue weighted by atomic mass is 16.1. The molecule has 0 aliphatic carbocycles. The summed E-state index contributed by atoms with van der Waals surface area (Å²) in [4.78, 5) is 14.0. The minimum absolute atomic E-state index is 0.131. The molecule has 0 saturated heterocycles. The molecule has 3 heteroatoms. The summed E-state index contributed by atoms with van der Waals surface area (Å²) in [5, 5.41) is 2.93. The lowest BCUT2D eigenvalue weighted by Gasteiger charge is -2.21. The second-order valence-corrected chi connectivity index (χ2v) is 5.61. The van der Waals surface area contributed by atoms with E-state index < -0.39 is 0 Å². The summed E-state index contributed by atoms with van der Waals surface area (Å²) < 4.78 is 0. The van der Waals surface area contributed by atoms with Gasteiger partial charge in [-0.3, -0.25) is 4.79 Å². The van der Waals surface area contributed by atoms with Crippen molar-refractivity contribution >= 4 is 11.6 Å². The molecule has 1 aliphatic heterocycles. The lowest BCUT2D eigenvalue weighted by Crippen LogP contribution is -2.26.